The smallest absolute Gasteiger partial charge is 0.112 e. The third kappa shape index (κ3) is 2.23. The van der Waals surface area contributed by atoms with E-state index in [0.29, 0.717) is 6.42 Å². The molecule has 2 atom stereocenters. The summed E-state index contributed by atoms with van der Waals surface area (Å²) in [5, 5.41) is 10.8. The van der Waals surface area contributed by atoms with E-state index >= 15 is 0 Å². The highest BCUT2D eigenvalue weighted by atomic mass is 31.1. The zero-order valence-electron chi connectivity index (χ0n) is 9.40. The lowest BCUT2D eigenvalue weighted by Gasteiger charge is -2.23. The number of hydrogen-bond acceptors (Lipinski definition) is 2. The molecule has 1 saturated heterocycles. The number of aliphatic hydroxyl groups is 1. The highest BCUT2D eigenvalue weighted by Crippen LogP contribution is 2.60. The van der Waals surface area contributed by atoms with Crippen molar-refractivity contribution in [3.8, 4) is 0 Å². The summed E-state index contributed by atoms with van der Waals surface area (Å²) in [4.78, 5) is 0. The summed E-state index contributed by atoms with van der Waals surface area (Å²) in [6, 6.07) is 10.0. The van der Waals surface area contributed by atoms with E-state index < -0.39 is 13.5 Å². The first-order valence-corrected chi connectivity index (χ1v) is 6.43. The molecular formula is C12H17O2P. The normalized spacial score (nSPS) is 34.3. The molecule has 0 bridgehead atoms. The van der Waals surface area contributed by atoms with Crippen molar-refractivity contribution in [1.82, 2.24) is 0 Å². The monoisotopic (exact) mass is 224 g/mol. The molecule has 1 aliphatic heterocycles. The van der Waals surface area contributed by atoms with Crippen LogP contribution in [0.5, 0.6) is 0 Å². The van der Waals surface area contributed by atoms with E-state index in [4.69, 9.17) is 4.52 Å². The first-order chi connectivity index (χ1) is 6.91. The van der Waals surface area contributed by atoms with Gasteiger partial charge in [0.25, 0.3) is 0 Å². The van der Waals surface area contributed by atoms with Gasteiger partial charge in [-0.2, -0.15) is 0 Å². The lowest BCUT2D eigenvalue weighted by molar-refractivity contribution is 0.0933. The Kier molecular flexibility index (Phi) is 2.62. The number of benzene rings is 1. The fourth-order valence-corrected chi connectivity index (χ4v) is 4.53. The second-order valence-corrected chi connectivity index (χ2v) is 7.13. The van der Waals surface area contributed by atoms with E-state index in [2.05, 4.69) is 0 Å². The largest absolute Gasteiger partial charge is 0.383 e. The first-order valence-electron chi connectivity index (χ1n) is 5.18. The molecule has 1 N–H and O–H groups in total. The van der Waals surface area contributed by atoms with Crippen LogP contribution in [0.3, 0.4) is 0 Å². The number of rotatable bonds is 1. The quantitative estimate of drug-likeness (QED) is 0.743. The van der Waals surface area contributed by atoms with Crippen LogP contribution in [-0.4, -0.2) is 16.0 Å². The van der Waals surface area contributed by atoms with Gasteiger partial charge in [-0.25, -0.2) is 0 Å². The zero-order valence-corrected chi connectivity index (χ0v) is 10.3. The molecule has 3 heteroatoms. The highest BCUT2D eigenvalue weighted by Gasteiger charge is 2.48. The minimum atomic E-state index is -0.916. The van der Waals surface area contributed by atoms with Crippen LogP contribution in [0.15, 0.2) is 30.3 Å². The molecule has 0 saturated carbocycles. The molecule has 1 aromatic carbocycles. The van der Waals surface area contributed by atoms with Crippen molar-refractivity contribution in [3.63, 3.8) is 0 Å². The van der Waals surface area contributed by atoms with Gasteiger partial charge in [-0.15, -0.1) is 0 Å². The Balaban J connectivity index is 2.31. The van der Waals surface area contributed by atoms with Gasteiger partial charge in [0, 0.05) is 11.7 Å². The predicted molar refractivity (Wildman–Crippen MR) is 63.4 cm³/mol. The van der Waals surface area contributed by atoms with Gasteiger partial charge in [-0.05, 0) is 20.8 Å². The molecule has 2 nitrogen and oxygen atoms in total. The molecule has 0 unspecified atom stereocenters. The molecule has 0 amide bonds. The summed E-state index contributed by atoms with van der Waals surface area (Å²) >= 11 is 0. The van der Waals surface area contributed by atoms with Crippen LogP contribution in [0.2, 0.25) is 0 Å². The van der Waals surface area contributed by atoms with Gasteiger partial charge in [0.2, 0.25) is 0 Å². The Bertz CT molecular complexity index is 346. The Labute approximate surface area is 92.1 Å². The van der Waals surface area contributed by atoms with Crippen molar-refractivity contribution in [2.24, 2.45) is 0 Å². The summed E-state index contributed by atoms with van der Waals surface area (Å²) in [7, 11) is -0.916. The van der Waals surface area contributed by atoms with Crippen molar-refractivity contribution in [2.75, 3.05) is 0 Å². The second kappa shape index (κ2) is 3.55. The Morgan fingerprint density at radius 1 is 1.20 bits per heavy atom. The van der Waals surface area contributed by atoms with Crippen LogP contribution >= 0.6 is 8.15 Å². The number of hydrogen-bond donors (Lipinski definition) is 1. The van der Waals surface area contributed by atoms with Crippen molar-refractivity contribution in [1.29, 1.82) is 0 Å². The van der Waals surface area contributed by atoms with Crippen LogP contribution < -0.4 is 5.30 Å². The summed E-state index contributed by atoms with van der Waals surface area (Å²) in [5.74, 6) is 0. The molecule has 82 valence electrons. The van der Waals surface area contributed by atoms with Gasteiger partial charge in [-0.3, -0.25) is 0 Å². The van der Waals surface area contributed by atoms with E-state index in [-0.39, 0.29) is 5.60 Å². The molecule has 2 rings (SSSR count). The minimum Gasteiger partial charge on any atom is -0.383 e. The molecule has 0 aliphatic carbocycles. The second-order valence-electron chi connectivity index (χ2n) is 4.87. The summed E-state index contributed by atoms with van der Waals surface area (Å²) < 4.78 is 5.96. The maximum Gasteiger partial charge on any atom is 0.112 e. The third-order valence-corrected chi connectivity index (χ3v) is 5.00. The van der Waals surface area contributed by atoms with Crippen molar-refractivity contribution >= 4 is 13.5 Å². The van der Waals surface area contributed by atoms with Crippen molar-refractivity contribution in [3.05, 3.63) is 30.3 Å². The first kappa shape index (κ1) is 11.1. The van der Waals surface area contributed by atoms with Gasteiger partial charge in [0.1, 0.15) is 5.34 Å². The fourth-order valence-electron chi connectivity index (χ4n) is 2.15. The summed E-state index contributed by atoms with van der Waals surface area (Å²) in [6.07, 6.45) is 0.695. The maximum atomic E-state index is 10.3. The highest BCUT2D eigenvalue weighted by molar-refractivity contribution is 7.62. The zero-order chi connectivity index (χ0) is 11.1. The molecule has 0 spiro atoms. The van der Waals surface area contributed by atoms with Crippen LogP contribution in [0.1, 0.15) is 27.2 Å². The molecule has 1 fully saturated rings. The molecule has 0 radical (unpaired) electrons. The Morgan fingerprint density at radius 2 is 1.80 bits per heavy atom. The van der Waals surface area contributed by atoms with Crippen LogP contribution in [-0.2, 0) is 4.52 Å². The van der Waals surface area contributed by atoms with Crippen LogP contribution in [0.4, 0.5) is 0 Å². The summed E-state index contributed by atoms with van der Waals surface area (Å²) in [6.45, 7) is 5.94. The van der Waals surface area contributed by atoms with Gasteiger partial charge < -0.3 is 9.63 Å². The molecule has 0 aromatic heterocycles. The molecule has 15 heavy (non-hydrogen) atoms. The summed E-state index contributed by atoms with van der Waals surface area (Å²) in [5.41, 5.74) is -0.217. The van der Waals surface area contributed by atoms with E-state index in [1.807, 2.05) is 51.1 Å². The Morgan fingerprint density at radius 3 is 2.27 bits per heavy atom. The van der Waals surface area contributed by atoms with Crippen LogP contribution in [0, 0.1) is 0 Å². The molecule has 1 aromatic rings. The minimum absolute atomic E-state index is 0.217. The maximum absolute atomic E-state index is 10.3. The lowest BCUT2D eigenvalue weighted by atomic mass is 10.0. The molecule has 1 aliphatic rings. The SMILES string of the molecule is CC1(C)C[C@](C)(O)[P@](c2ccccc2)O1. The predicted octanol–water partition coefficient (Wildman–Crippen LogP) is 2.62. The van der Waals surface area contributed by atoms with E-state index in [1.165, 1.54) is 0 Å². The van der Waals surface area contributed by atoms with E-state index in [9.17, 15) is 5.11 Å². The van der Waals surface area contributed by atoms with E-state index in [0.717, 1.165) is 5.30 Å². The van der Waals surface area contributed by atoms with Gasteiger partial charge in [0.05, 0.1) is 13.7 Å². The topological polar surface area (TPSA) is 29.5 Å². The standard InChI is InChI=1S/C12H17O2P/c1-11(2)9-12(3,13)15(14-11)10-7-5-4-6-8-10/h4-8,13H,9H2,1-3H3/t12-,15+/m1/s1. The van der Waals surface area contributed by atoms with Crippen molar-refractivity contribution in [2.45, 2.75) is 38.1 Å². The lowest BCUT2D eigenvalue weighted by Crippen LogP contribution is -2.25. The molecular weight excluding hydrogens is 207 g/mol. The third-order valence-electron chi connectivity index (χ3n) is 2.53. The van der Waals surface area contributed by atoms with Gasteiger partial charge in [0.15, 0.2) is 0 Å². The van der Waals surface area contributed by atoms with Gasteiger partial charge in [-0.1, -0.05) is 30.3 Å². The average Bonchev–Trinajstić information content (AvgIpc) is 2.36. The van der Waals surface area contributed by atoms with E-state index in [1.54, 1.807) is 0 Å². The average molecular weight is 224 g/mol. The van der Waals surface area contributed by atoms with Crippen LogP contribution in [0.25, 0.3) is 0 Å². The Hall–Kier alpha value is -0.430. The fraction of sp³-hybridized carbons (Fsp3) is 0.500. The van der Waals surface area contributed by atoms with Gasteiger partial charge >= 0.3 is 0 Å². The molecule has 1 heterocycles. The van der Waals surface area contributed by atoms with Crippen molar-refractivity contribution < 1.29 is 9.63 Å².